The number of halogens is 1. The van der Waals surface area contributed by atoms with Crippen molar-refractivity contribution in [2.45, 2.75) is 6.92 Å². The van der Waals surface area contributed by atoms with Crippen molar-refractivity contribution in [3.63, 3.8) is 0 Å². The standard InChI is InChI=1S/C19H20ClN3O4/c1-2-27-18-8-3-14(13-17(18)23(25)26)19(24)22-11-9-21(10-12-22)16-6-4-15(20)5-7-16/h3-8,13H,2,9-12H2,1H3. The Balaban J connectivity index is 1.69. The lowest BCUT2D eigenvalue weighted by Crippen LogP contribution is -2.48. The molecule has 7 nitrogen and oxygen atoms in total. The van der Waals surface area contributed by atoms with Gasteiger partial charge in [0, 0.05) is 48.5 Å². The number of nitrogens with zero attached hydrogens (tertiary/aromatic N) is 3. The van der Waals surface area contributed by atoms with Crippen LogP contribution in [0.5, 0.6) is 5.75 Å². The van der Waals surface area contributed by atoms with E-state index in [4.69, 9.17) is 16.3 Å². The van der Waals surface area contributed by atoms with E-state index in [0.29, 0.717) is 43.4 Å². The number of ether oxygens (including phenoxy) is 1. The van der Waals surface area contributed by atoms with Gasteiger partial charge in [0.25, 0.3) is 5.91 Å². The number of nitro benzene ring substituents is 1. The molecule has 0 aromatic heterocycles. The van der Waals surface area contributed by atoms with E-state index in [1.54, 1.807) is 17.9 Å². The summed E-state index contributed by atoms with van der Waals surface area (Å²) < 4.78 is 5.27. The summed E-state index contributed by atoms with van der Waals surface area (Å²) in [5.41, 5.74) is 1.16. The number of anilines is 1. The minimum Gasteiger partial charge on any atom is -0.487 e. The highest BCUT2D eigenvalue weighted by molar-refractivity contribution is 6.30. The fourth-order valence-electron chi connectivity index (χ4n) is 3.07. The van der Waals surface area contributed by atoms with Crippen LogP contribution in [0.1, 0.15) is 17.3 Å². The Bertz CT molecular complexity index is 833. The van der Waals surface area contributed by atoms with Gasteiger partial charge in [0.15, 0.2) is 5.75 Å². The van der Waals surface area contributed by atoms with Gasteiger partial charge in [-0.15, -0.1) is 0 Å². The molecule has 0 unspecified atom stereocenters. The maximum atomic E-state index is 12.8. The summed E-state index contributed by atoms with van der Waals surface area (Å²) >= 11 is 5.92. The van der Waals surface area contributed by atoms with Gasteiger partial charge in [-0.1, -0.05) is 11.6 Å². The summed E-state index contributed by atoms with van der Waals surface area (Å²) in [7, 11) is 0. The van der Waals surface area contributed by atoms with Crippen LogP contribution >= 0.6 is 11.6 Å². The second kappa shape index (κ2) is 8.26. The van der Waals surface area contributed by atoms with E-state index in [1.165, 1.54) is 12.1 Å². The fraction of sp³-hybridized carbons (Fsp3) is 0.316. The maximum Gasteiger partial charge on any atom is 0.311 e. The topological polar surface area (TPSA) is 75.9 Å². The first-order chi connectivity index (χ1) is 13.0. The normalized spacial score (nSPS) is 14.1. The van der Waals surface area contributed by atoms with Crippen LogP contribution in [0.4, 0.5) is 11.4 Å². The molecule has 2 aromatic carbocycles. The van der Waals surface area contributed by atoms with E-state index in [2.05, 4.69) is 4.90 Å². The predicted octanol–water partition coefficient (Wildman–Crippen LogP) is 3.61. The van der Waals surface area contributed by atoms with Crippen LogP contribution in [0.2, 0.25) is 5.02 Å². The molecule has 1 aliphatic rings. The molecule has 142 valence electrons. The number of amides is 1. The highest BCUT2D eigenvalue weighted by atomic mass is 35.5. The summed E-state index contributed by atoms with van der Waals surface area (Å²) in [5.74, 6) is -0.0384. The van der Waals surface area contributed by atoms with E-state index in [-0.39, 0.29) is 17.3 Å². The molecule has 8 heteroatoms. The van der Waals surface area contributed by atoms with Crippen LogP contribution in [-0.2, 0) is 0 Å². The number of benzene rings is 2. The quantitative estimate of drug-likeness (QED) is 0.576. The number of rotatable bonds is 5. The molecule has 2 aromatic rings. The third-order valence-electron chi connectivity index (χ3n) is 4.46. The number of piperazine rings is 1. The molecule has 0 radical (unpaired) electrons. The van der Waals surface area contributed by atoms with E-state index in [0.717, 1.165) is 5.69 Å². The molecule has 0 atom stereocenters. The second-order valence-corrected chi connectivity index (χ2v) is 6.56. The SMILES string of the molecule is CCOc1ccc(C(=O)N2CCN(c3ccc(Cl)cc3)CC2)cc1[N+](=O)[O-]. The number of nitro groups is 1. The predicted molar refractivity (Wildman–Crippen MR) is 104 cm³/mol. The maximum absolute atomic E-state index is 12.8. The molecule has 0 bridgehead atoms. The summed E-state index contributed by atoms with van der Waals surface area (Å²) in [4.78, 5) is 27.4. The Morgan fingerprint density at radius 1 is 1.15 bits per heavy atom. The molecular formula is C19H20ClN3O4. The highest BCUT2D eigenvalue weighted by Crippen LogP contribution is 2.29. The van der Waals surface area contributed by atoms with Crippen molar-refractivity contribution in [3.8, 4) is 5.75 Å². The minimum atomic E-state index is -0.528. The van der Waals surface area contributed by atoms with Crippen molar-refractivity contribution in [3.05, 3.63) is 63.2 Å². The largest absolute Gasteiger partial charge is 0.487 e. The van der Waals surface area contributed by atoms with Gasteiger partial charge < -0.3 is 14.5 Å². The third kappa shape index (κ3) is 4.31. The average Bonchev–Trinajstić information content (AvgIpc) is 2.68. The number of carbonyl (C=O) groups excluding carboxylic acids is 1. The molecule has 1 heterocycles. The van der Waals surface area contributed by atoms with E-state index in [1.807, 2.05) is 24.3 Å². The second-order valence-electron chi connectivity index (χ2n) is 6.13. The van der Waals surface area contributed by atoms with Crippen LogP contribution in [0, 0.1) is 10.1 Å². The van der Waals surface area contributed by atoms with E-state index in [9.17, 15) is 14.9 Å². The summed E-state index contributed by atoms with van der Waals surface area (Å²) in [6, 6.07) is 11.9. The Kier molecular flexibility index (Phi) is 5.81. The van der Waals surface area contributed by atoms with Gasteiger partial charge in [0.2, 0.25) is 0 Å². The summed E-state index contributed by atoms with van der Waals surface area (Å²) in [5, 5.41) is 11.9. The van der Waals surface area contributed by atoms with Crippen LogP contribution in [-0.4, -0.2) is 48.5 Å². The van der Waals surface area contributed by atoms with E-state index < -0.39 is 4.92 Å². The molecule has 0 aliphatic carbocycles. The molecule has 27 heavy (non-hydrogen) atoms. The van der Waals surface area contributed by atoms with E-state index >= 15 is 0 Å². The molecule has 3 rings (SSSR count). The average molecular weight is 390 g/mol. The van der Waals surface area contributed by atoms with Gasteiger partial charge in [-0.05, 0) is 43.3 Å². The lowest BCUT2D eigenvalue weighted by molar-refractivity contribution is -0.385. The summed E-state index contributed by atoms with van der Waals surface area (Å²) in [6.07, 6.45) is 0. The zero-order chi connectivity index (χ0) is 19.4. The number of hydrogen-bond donors (Lipinski definition) is 0. The fourth-order valence-corrected chi connectivity index (χ4v) is 3.20. The third-order valence-corrected chi connectivity index (χ3v) is 4.71. The highest BCUT2D eigenvalue weighted by Gasteiger charge is 2.25. The Morgan fingerprint density at radius 2 is 1.81 bits per heavy atom. The molecule has 0 N–H and O–H groups in total. The Hall–Kier alpha value is -2.80. The Labute approximate surface area is 162 Å². The van der Waals surface area contributed by atoms with Crippen molar-refractivity contribution >= 4 is 28.9 Å². The van der Waals surface area contributed by atoms with Crippen molar-refractivity contribution in [2.24, 2.45) is 0 Å². The van der Waals surface area contributed by atoms with Gasteiger partial charge in [0.1, 0.15) is 0 Å². The van der Waals surface area contributed by atoms with Gasteiger partial charge >= 0.3 is 5.69 Å². The molecule has 1 aliphatic heterocycles. The molecule has 1 saturated heterocycles. The first-order valence-electron chi connectivity index (χ1n) is 8.70. The van der Waals surface area contributed by atoms with Crippen molar-refractivity contribution in [2.75, 3.05) is 37.7 Å². The minimum absolute atomic E-state index is 0.173. The summed E-state index contributed by atoms with van der Waals surface area (Å²) in [6.45, 7) is 4.54. The monoisotopic (exact) mass is 389 g/mol. The number of carbonyl (C=O) groups is 1. The van der Waals surface area contributed by atoms with Crippen LogP contribution in [0.3, 0.4) is 0 Å². The number of hydrogen-bond acceptors (Lipinski definition) is 5. The molecule has 1 amide bonds. The smallest absolute Gasteiger partial charge is 0.311 e. The van der Waals surface area contributed by atoms with Gasteiger partial charge in [-0.2, -0.15) is 0 Å². The lowest BCUT2D eigenvalue weighted by Gasteiger charge is -2.36. The van der Waals surface area contributed by atoms with Crippen LogP contribution in [0.25, 0.3) is 0 Å². The van der Waals surface area contributed by atoms with Crippen molar-refractivity contribution < 1.29 is 14.5 Å². The van der Waals surface area contributed by atoms with Gasteiger partial charge in [0.05, 0.1) is 11.5 Å². The van der Waals surface area contributed by atoms with Crippen LogP contribution in [0.15, 0.2) is 42.5 Å². The lowest BCUT2D eigenvalue weighted by atomic mass is 10.1. The first kappa shape index (κ1) is 19.0. The molecule has 0 spiro atoms. The zero-order valence-corrected chi connectivity index (χ0v) is 15.7. The first-order valence-corrected chi connectivity index (χ1v) is 9.08. The molecular weight excluding hydrogens is 370 g/mol. The van der Waals surface area contributed by atoms with Gasteiger partial charge in [-0.25, -0.2) is 0 Å². The zero-order valence-electron chi connectivity index (χ0n) is 14.9. The van der Waals surface area contributed by atoms with Crippen molar-refractivity contribution in [1.82, 2.24) is 4.90 Å². The molecule has 0 saturated carbocycles. The Morgan fingerprint density at radius 3 is 2.41 bits per heavy atom. The van der Waals surface area contributed by atoms with Gasteiger partial charge in [-0.3, -0.25) is 14.9 Å². The van der Waals surface area contributed by atoms with Crippen LogP contribution < -0.4 is 9.64 Å². The van der Waals surface area contributed by atoms with Crippen molar-refractivity contribution in [1.29, 1.82) is 0 Å². The molecule has 1 fully saturated rings.